The fraction of sp³-hybridized carbons (Fsp3) is 0.571. The molecule has 0 aliphatic carbocycles. The second kappa shape index (κ2) is 7.50. The van der Waals surface area contributed by atoms with Crippen LogP contribution in [0.5, 0.6) is 0 Å². The van der Waals surface area contributed by atoms with Crippen molar-refractivity contribution in [2.45, 2.75) is 39.8 Å². The Hall–Kier alpha value is -0.820. The molecular formula is C14H21NOS. The molecule has 0 aliphatic heterocycles. The monoisotopic (exact) mass is 251 g/mol. The molecule has 1 atom stereocenters. The van der Waals surface area contributed by atoms with Crippen LogP contribution in [0.1, 0.15) is 37.6 Å². The van der Waals surface area contributed by atoms with Gasteiger partial charge in [0.05, 0.1) is 0 Å². The van der Waals surface area contributed by atoms with Crippen molar-refractivity contribution in [3.63, 3.8) is 0 Å². The summed E-state index contributed by atoms with van der Waals surface area (Å²) in [6, 6.07) is 2.63. The molecule has 1 rings (SSSR count). The normalized spacial score (nSPS) is 12.3. The van der Waals surface area contributed by atoms with Crippen molar-refractivity contribution in [3.05, 3.63) is 21.9 Å². The first kappa shape index (κ1) is 14.2. The second-order valence-corrected chi connectivity index (χ2v) is 5.04. The molecule has 17 heavy (non-hydrogen) atoms. The third kappa shape index (κ3) is 4.16. The molecule has 94 valence electrons. The van der Waals surface area contributed by atoms with Crippen LogP contribution in [0.25, 0.3) is 0 Å². The van der Waals surface area contributed by atoms with E-state index in [0.717, 1.165) is 25.1 Å². The fourth-order valence-electron chi connectivity index (χ4n) is 1.73. The van der Waals surface area contributed by atoms with Crippen LogP contribution in [0, 0.1) is 11.8 Å². The van der Waals surface area contributed by atoms with Crippen LogP contribution in [0.3, 0.4) is 0 Å². The molecule has 0 spiro atoms. The second-order valence-electron chi connectivity index (χ2n) is 4.04. The zero-order valence-electron chi connectivity index (χ0n) is 10.9. The summed E-state index contributed by atoms with van der Waals surface area (Å²) in [4.78, 5) is 3.75. The van der Waals surface area contributed by atoms with Gasteiger partial charge in [-0.3, -0.25) is 4.90 Å². The third-order valence-corrected chi connectivity index (χ3v) is 3.92. The van der Waals surface area contributed by atoms with Gasteiger partial charge in [-0.1, -0.05) is 25.7 Å². The summed E-state index contributed by atoms with van der Waals surface area (Å²) in [5.41, 5.74) is 1.06. The highest BCUT2D eigenvalue weighted by molar-refractivity contribution is 7.10. The summed E-state index contributed by atoms with van der Waals surface area (Å²) in [5, 5.41) is 10.8. The molecule has 2 nitrogen and oxygen atoms in total. The highest BCUT2D eigenvalue weighted by Crippen LogP contribution is 2.19. The van der Waals surface area contributed by atoms with E-state index in [0.29, 0.717) is 6.04 Å². The van der Waals surface area contributed by atoms with E-state index >= 15 is 0 Å². The summed E-state index contributed by atoms with van der Waals surface area (Å²) in [6.07, 6.45) is 1.16. The lowest BCUT2D eigenvalue weighted by Gasteiger charge is -2.26. The molecule has 1 unspecified atom stereocenters. The number of thiophene rings is 1. The number of rotatable bonds is 5. The minimum absolute atomic E-state index is 0.0713. The van der Waals surface area contributed by atoms with Crippen LogP contribution < -0.4 is 0 Å². The molecule has 0 saturated heterocycles. The molecule has 1 N–H and O–H groups in total. The first-order valence-corrected chi connectivity index (χ1v) is 7.01. The SMILES string of the molecule is CCC(C)N(CC)Cc1sccc1C#CCO. The molecule has 1 aromatic heterocycles. The Morgan fingerprint density at radius 1 is 1.47 bits per heavy atom. The van der Waals surface area contributed by atoms with Gasteiger partial charge in [-0.2, -0.15) is 0 Å². The maximum atomic E-state index is 8.73. The number of hydrogen-bond acceptors (Lipinski definition) is 3. The van der Waals surface area contributed by atoms with Gasteiger partial charge in [-0.15, -0.1) is 11.3 Å². The summed E-state index contributed by atoms with van der Waals surface area (Å²) in [6.45, 7) is 8.61. The Balaban J connectivity index is 2.76. The Morgan fingerprint density at radius 3 is 2.82 bits per heavy atom. The topological polar surface area (TPSA) is 23.5 Å². The van der Waals surface area contributed by atoms with Crippen LogP contribution in [0.2, 0.25) is 0 Å². The Bertz CT molecular complexity index is 388. The summed E-state index contributed by atoms with van der Waals surface area (Å²) < 4.78 is 0. The highest BCUT2D eigenvalue weighted by atomic mass is 32.1. The van der Waals surface area contributed by atoms with Crippen LogP contribution >= 0.6 is 11.3 Å². The zero-order chi connectivity index (χ0) is 12.7. The predicted octanol–water partition coefficient (Wildman–Crippen LogP) is 2.71. The van der Waals surface area contributed by atoms with Crippen molar-refractivity contribution in [1.82, 2.24) is 4.90 Å². The lowest BCUT2D eigenvalue weighted by atomic mass is 10.2. The van der Waals surface area contributed by atoms with Crippen molar-refractivity contribution >= 4 is 11.3 Å². The van der Waals surface area contributed by atoms with Crippen molar-refractivity contribution in [3.8, 4) is 11.8 Å². The van der Waals surface area contributed by atoms with Gasteiger partial charge < -0.3 is 5.11 Å². The van der Waals surface area contributed by atoms with Crippen LogP contribution in [0.15, 0.2) is 11.4 Å². The van der Waals surface area contributed by atoms with Gasteiger partial charge in [-0.25, -0.2) is 0 Å². The van der Waals surface area contributed by atoms with E-state index < -0.39 is 0 Å². The molecule has 0 aliphatic rings. The number of nitrogens with zero attached hydrogens (tertiary/aromatic N) is 1. The van der Waals surface area contributed by atoms with Crippen molar-refractivity contribution in [2.24, 2.45) is 0 Å². The van der Waals surface area contributed by atoms with Gasteiger partial charge in [-0.05, 0) is 31.3 Å². The van der Waals surface area contributed by atoms with Crippen molar-refractivity contribution < 1.29 is 5.11 Å². The summed E-state index contributed by atoms with van der Waals surface area (Å²) in [5.74, 6) is 5.73. The van der Waals surface area contributed by atoms with Crippen molar-refractivity contribution in [2.75, 3.05) is 13.2 Å². The van der Waals surface area contributed by atoms with E-state index in [-0.39, 0.29) is 6.61 Å². The van der Waals surface area contributed by atoms with Crippen molar-refractivity contribution in [1.29, 1.82) is 0 Å². The average molecular weight is 251 g/mol. The highest BCUT2D eigenvalue weighted by Gasteiger charge is 2.12. The standard InChI is InChI=1S/C14H21NOS/c1-4-12(3)15(5-2)11-14-13(7-6-9-16)8-10-17-14/h8,10,12,16H,4-5,9,11H2,1-3H3. The number of hydrogen-bond donors (Lipinski definition) is 1. The Labute approximate surface area is 108 Å². The van der Waals surface area contributed by atoms with E-state index in [2.05, 4.69) is 42.9 Å². The van der Waals surface area contributed by atoms with E-state index in [1.54, 1.807) is 11.3 Å². The lowest BCUT2D eigenvalue weighted by Crippen LogP contribution is -2.31. The molecule has 3 heteroatoms. The fourth-order valence-corrected chi connectivity index (χ4v) is 2.59. The summed E-state index contributed by atoms with van der Waals surface area (Å²) in [7, 11) is 0. The number of aliphatic hydroxyl groups is 1. The van der Waals surface area contributed by atoms with Gasteiger partial charge in [0.2, 0.25) is 0 Å². The van der Waals surface area contributed by atoms with Gasteiger partial charge >= 0.3 is 0 Å². The smallest absolute Gasteiger partial charge is 0.104 e. The van der Waals surface area contributed by atoms with E-state index in [1.807, 2.05) is 6.07 Å². The minimum atomic E-state index is -0.0713. The Kier molecular flexibility index (Phi) is 6.28. The van der Waals surface area contributed by atoms with Crippen LogP contribution in [-0.4, -0.2) is 29.2 Å². The van der Waals surface area contributed by atoms with Gasteiger partial charge in [0, 0.05) is 23.0 Å². The maximum Gasteiger partial charge on any atom is 0.104 e. The molecule has 1 heterocycles. The Morgan fingerprint density at radius 2 is 2.24 bits per heavy atom. The maximum absolute atomic E-state index is 8.73. The molecule has 0 aromatic carbocycles. The third-order valence-electron chi connectivity index (χ3n) is 3.01. The van der Waals surface area contributed by atoms with E-state index in [9.17, 15) is 0 Å². The van der Waals surface area contributed by atoms with Gasteiger partial charge in [0.1, 0.15) is 6.61 Å². The quantitative estimate of drug-likeness (QED) is 0.813. The van der Waals surface area contributed by atoms with Gasteiger partial charge in [0.25, 0.3) is 0 Å². The molecular weight excluding hydrogens is 230 g/mol. The predicted molar refractivity (Wildman–Crippen MR) is 74.1 cm³/mol. The zero-order valence-corrected chi connectivity index (χ0v) is 11.7. The van der Waals surface area contributed by atoms with Gasteiger partial charge in [0.15, 0.2) is 0 Å². The molecule has 0 radical (unpaired) electrons. The average Bonchev–Trinajstić information content (AvgIpc) is 2.79. The van der Waals surface area contributed by atoms with Crippen LogP contribution in [0.4, 0.5) is 0 Å². The lowest BCUT2D eigenvalue weighted by molar-refractivity contribution is 0.208. The minimum Gasteiger partial charge on any atom is -0.384 e. The molecule has 0 fully saturated rings. The van der Waals surface area contributed by atoms with E-state index in [4.69, 9.17) is 5.11 Å². The first-order chi connectivity index (χ1) is 8.22. The first-order valence-electron chi connectivity index (χ1n) is 6.13. The van der Waals surface area contributed by atoms with Crippen LogP contribution in [-0.2, 0) is 6.54 Å². The molecule has 1 aromatic rings. The van der Waals surface area contributed by atoms with E-state index in [1.165, 1.54) is 4.88 Å². The largest absolute Gasteiger partial charge is 0.384 e. The summed E-state index contributed by atoms with van der Waals surface area (Å²) >= 11 is 1.75. The number of aliphatic hydroxyl groups excluding tert-OH is 1. The molecule has 0 bridgehead atoms. The molecule has 0 saturated carbocycles. The molecule has 0 amide bonds.